The second-order valence-electron chi connectivity index (χ2n) is 3.19. The highest BCUT2D eigenvalue weighted by atomic mass is 32.2. The Morgan fingerprint density at radius 2 is 2.39 bits per heavy atom. The fourth-order valence-electron chi connectivity index (χ4n) is 1.26. The van der Waals surface area contributed by atoms with E-state index in [2.05, 4.69) is 20.2 Å². The van der Waals surface area contributed by atoms with Crippen LogP contribution in [0.4, 0.5) is 5.69 Å². The first-order valence-corrected chi connectivity index (χ1v) is 5.98. The molecule has 3 N–H and O–H groups in total. The highest BCUT2D eigenvalue weighted by Crippen LogP contribution is 2.29. The van der Waals surface area contributed by atoms with E-state index < -0.39 is 5.97 Å². The molecule has 0 aliphatic carbocycles. The highest BCUT2D eigenvalue weighted by molar-refractivity contribution is 7.99. The molecule has 18 heavy (non-hydrogen) atoms. The smallest absolute Gasteiger partial charge is 0.340 e. The molecule has 2 heterocycles. The van der Waals surface area contributed by atoms with E-state index in [1.54, 1.807) is 6.92 Å². The number of nitrogens with one attached hydrogen (secondary N) is 1. The van der Waals surface area contributed by atoms with Gasteiger partial charge in [0.25, 0.3) is 0 Å². The first kappa shape index (κ1) is 12.4. The van der Waals surface area contributed by atoms with Gasteiger partial charge in [-0.05, 0) is 24.8 Å². The van der Waals surface area contributed by atoms with Crippen molar-refractivity contribution in [1.82, 2.24) is 20.2 Å². The lowest BCUT2D eigenvalue weighted by Gasteiger charge is -2.07. The lowest BCUT2D eigenvalue weighted by atomic mass is 10.2. The Morgan fingerprint density at radius 1 is 1.56 bits per heavy atom. The van der Waals surface area contributed by atoms with Gasteiger partial charge in [-0.15, -0.1) is 0 Å². The quantitative estimate of drug-likeness (QED) is 0.797. The second kappa shape index (κ2) is 5.50. The van der Waals surface area contributed by atoms with Crippen molar-refractivity contribution in [2.75, 3.05) is 12.3 Å². The average molecular weight is 265 g/mol. The average Bonchev–Trinajstić information content (AvgIpc) is 2.85. The van der Waals surface area contributed by atoms with Gasteiger partial charge in [-0.25, -0.2) is 14.8 Å². The third-order valence-electron chi connectivity index (χ3n) is 2.04. The number of carbonyl (C=O) groups excluding carboxylic acids is 1. The molecule has 0 fully saturated rings. The number of nitrogen functional groups attached to an aromatic ring is 1. The van der Waals surface area contributed by atoms with Gasteiger partial charge >= 0.3 is 5.97 Å². The molecule has 0 atom stereocenters. The molecular weight excluding hydrogens is 254 g/mol. The van der Waals surface area contributed by atoms with Crippen molar-refractivity contribution in [2.45, 2.75) is 17.1 Å². The number of pyridine rings is 1. The van der Waals surface area contributed by atoms with Crippen molar-refractivity contribution < 1.29 is 9.53 Å². The zero-order valence-electron chi connectivity index (χ0n) is 9.58. The molecule has 8 heteroatoms. The van der Waals surface area contributed by atoms with Crippen LogP contribution in [0, 0.1) is 0 Å². The van der Waals surface area contributed by atoms with Gasteiger partial charge in [0.1, 0.15) is 11.4 Å². The lowest BCUT2D eigenvalue weighted by molar-refractivity contribution is 0.0527. The van der Waals surface area contributed by atoms with E-state index in [0.717, 1.165) is 0 Å². The van der Waals surface area contributed by atoms with Gasteiger partial charge in [0, 0.05) is 6.20 Å². The van der Waals surface area contributed by atoms with Crippen molar-refractivity contribution in [3.05, 3.63) is 24.2 Å². The molecule has 0 amide bonds. The van der Waals surface area contributed by atoms with Crippen molar-refractivity contribution in [3.63, 3.8) is 0 Å². The Labute approximate surface area is 107 Å². The zero-order chi connectivity index (χ0) is 13.0. The SMILES string of the molecule is CCOC(=O)c1ccnc(Sc2ncn[nH]2)c1N. The summed E-state index contributed by atoms with van der Waals surface area (Å²) in [6.45, 7) is 2.03. The summed E-state index contributed by atoms with van der Waals surface area (Å²) in [7, 11) is 0. The number of nitrogens with zero attached hydrogens (tertiary/aromatic N) is 3. The van der Waals surface area contributed by atoms with Crippen LogP contribution in [-0.4, -0.2) is 32.7 Å². The van der Waals surface area contributed by atoms with Crippen LogP contribution in [0.1, 0.15) is 17.3 Å². The van der Waals surface area contributed by atoms with E-state index in [4.69, 9.17) is 10.5 Å². The Kier molecular flexibility index (Phi) is 3.78. The molecule has 0 aliphatic rings. The van der Waals surface area contributed by atoms with Crippen LogP contribution in [0.2, 0.25) is 0 Å². The minimum Gasteiger partial charge on any atom is -0.462 e. The maximum atomic E-state index is 11.6. The summed E-state index contributed by atoms with van der Waals surface area (Å²) in [5.41, 5.74) is 6.46. The number of hydrogen-bond acceptors (Lipinski definition) is 7. The van der Waals surface area contributed by atoms with Crippen LogP contribution in [-0.2, 0) is 4.74 Å². The van der Waals surface area contributed by atoms with E-state index in [1.165, 1.54) is 30.4 Å². The van der Waals surface area contributed by atoms with E-state index in [-0.39, 0.29) is 5.69 Å². The number of aromatic nitrogens is 4. The van der Waals surface area contributed by atoms with Gasteiger partial charge in [0.2, 0.25) is 0 Å². The molecule has 0 saturated heterocycles. The van der Waals surface area contributed by atoms with E-state index in [0.29, 0.717) is 22.4 Å². The standard InChI is InChI=1S/C10H11N5O2S/c1-2-17-9(16)6-3-4-12-8(7(6)11)18-10-13-5-14-15-10/h3-5H,2,11H2,1H3,(H,13,14,15). The summed E-state index contributed by atoms with van der Waals surface area (Å²) in [4.78, 5) is 19.7. The van der Waals surface area contributed by atoms with Gasteiger partial charge in [0.15, 0.2) is 5.16 Å². The third kappa shape index (κ3) is 2.59. The molecule has 2 aromatic heterocycles. The lowest BCUT2D eigenvalue weighted by Crippen LogP contribution is -2.09. The fourth-order valence-corrected chi connectivity index (χ4v) is 1.97. The summed E-state index contributed by atoms with van der Waals surface area (Å²) < 4.78 is 4.91. The van der Waals surface area contributed by atoms with Crippen molar-refractivity contribution >= 4 is 23.4 Å². The molecule has 0 radical (unpaired) electrons. The molecule has 0 saturated carbocycles. The largest absolute Gasteiger partial charge is 0.462 e. The number of anilines is 1. The van der Waals surface area contributed by atoms with Crippen LogP contribution in [0.3, 0.4) is 0 Å². The molecule has 7 nitrogen and oxygen atoms in total. The summed E-state index contributed by atoms with van der Waals surface area (Å²) >= 11 is 1.20. The molecule has 0 aliphatic heterocycles. The first-order chi connectivity index (χ1) is 8.72. The number of rotatable bonds is 4. The van der Waals surface area contributed by atoms with E-state index in [9.17, 15) is 4.79 Å². The van der Waals surface area contributed by atoms with Gasteiger partial charge in [0.05, 0.1) is 17.9 Å². The maximum absolute atomic E-state index is 11.6. The summed E-state index contributed by atoms with van der Waals surface area (Å²) in [5.74, 6) is -0.461. The zero-order valence-corrected chi connectivity index (χ0v) is 10.4. The minimum atomic E-state index is -0.461. The van der Waals surface area contributed by atoms with Crippen molar-refractivity contribution in [1.29, 1.82) is 0 Å². The van der Waals surface area contributed by atoms with Crippen molar-refractivity contribution in [3.8, 4) is 0 Å². The molecule has 2 aromatic rings. The topological polar surface area (TPSA) is 107 Å². The van der Waals surface area contributed by atoms with Crippen LogP contribution in [0.15, 0.2) is 28.8 Å². The second-order valence-corrected chi connectivity index (χ2v) is 4.17. The van der Waals surface area contributed by atoms with Crippen LogP contribution in [0.5, 0.6) is 0 Å². The van der Waals surface area contributed by atoms with Crippen LogP contribution >= 0.6 is 11.8 Å². The summed E-state index contributed by atoms with van der Waals surface area (Å²) in [6, 6.07) is 1.53. The molecule has 0 unspecified atom stereocenters. The molecule has 94 valence electrons. The molecule has 0 bridgehead atoms. The monoisotopic (exact) mass is 265 g/mol. The Morgan fingerprint density at radius 3 is 3.06 bits per heavy atom. The number of nitrogens with two attached hydrogens (primary N) is 1. The van der Waals surface area contributed by atoms with E-state index >= 15 is 0 Å². The third-order valence-corrected chi connectivity index (χ3v) is 2.94. The summed E-state index contributed by atoms with van der Waals surface area (Å²) in [6.07, 6.45) is 2.88. The van der Waals surface area contributed by atoms with Crippen molar-refractivity contribution in [2.24, 2.45) is 0 Å². The number of H-pyrrole nitrogens is 1. The van der Waals surface area contributed by atoms with E-state index in [1.807, 2.05) is 0 Å². The Bertz CT molecular complexity index is 543. The number of aromatic amines is 1. The van der Waals surface area contributed by atoms with Crippen LogP contribution < -0.4 is 5.73 Å². The molecular formula is C10H11N5O2S. The normalized spacial score (nSPS) is 10.3. The fraction of sp³-hybridized carbons (Fsp3) is 0.200. The summed E-state index contributed by atoms with van der Waals surface area (Å²) in [5, 5.41) is 7.43. The predicted octanol–water partition coefficient (Wildman–Crippen LogP) is 1.11. The maximum Gasteiger partial charge on any atom is 0.340 e. The number of carbonyl (C=O) groups is 1. The van der Waals surface area contributed by atoms with Gasteiger partial charge in [-0.2, -0.15) is 5.10 Å². The number of esters is 1. The number of ether oxygens (including phenoxy) is 1. The molecule has 0 spiro atoms. The molecule has 2 rings (SSSR count). The number of hydrogen-bond donors (Lipinski definition) is 2. The highest BCUT2D eigenvalue weighted by Gasteiger charge is 2.15. The van der Waals surface area contributed by atoms with Gasteiger partial charge < -0.3 is 10.5 Å². The Hall–Kier alpha value is -2.09. The first-order valence-electron chi connectivity index (χ1n) is 5.17. The Balaban J connectivity index is 2.27. The predicted molar refractivity (Wildman–Crippen MR) is 65.1 cm³/mol. The minimum absolute atomic E-state index is 0.275. The molecule has 0 aromatic carbocycles. The van der Waals surface area contributed by atoms with Crippen LogP contribution in [0.25, 0.3) is 0 Å². The van der Waals surface area contributed by atoms with Gasteiger partial charge in [-0.1, -0.05) is 0 Å². The van der Waals surface area contributed by atoms with Gasteiger partial charge in [-0.3, -0.25) is 5.10 Å².